The number of rotatable bonds is 9. The third-order valence-corrected chi connectivity index (χ3v) is 5.06. The van der Waals surface area contributed by atoms with Crippen LogP contribution >= 0.6 is 0 Å². The van der Waals surface area contributed by atoms with Crippen LogP contribution < -0.4 is 19.7 Å². The quantitative estimate of drug-likeness (QED) is 0.643. The maximum Gasteiger partial charge on any atom is 0.265 e. The monoisotopic (exact) mass is 396 g/mol. The molecule has 6 nitrogen and oxygen atoms in total. The molecule has 0 aliphatic carbocycles. The summed E-state index contributed by atoms with van der Waals surface area (Å²) in [6.45, 7) is 5.08. The Balaban J connectivity index is 1.61. The van der Waals surface area contributed by atoms with Gasteiger partial charge in [0.15, 0.2) is 6.61 Å². The number of hydrogen-bond acceptors (Lipinski definition) is 4. The Kier molecular flexibility index (Phi) is 7.11. The fraction of sp³-hybridized carbons (Fsp3) is 0.391. The minimum absolute atomic E-state index is 0.00348. The fourth-order valence-corrected chi connectivity index (χ4v) is 3.36. The Morgan fingerprint density at radius 1 is 1.17 bits per heavy atom. The molecule has 29 heavy (non-hydrogen) atoms. The standard InChI is InChI=1S/C23H28N2O4/c1-3-17(4-2)23(27)24-18-11-12-20-21(15-18)29-16-22(26)25(20)13-8-14-28-19-9-6-5-7-10-19/h5-7,9-12,15,17H,3-4,8,13-14,16H2,1-2H3,(H,24,27). The number of carbonyl (C=O) groups is 2. The van der Waals surface area contributed by atoms with Gasteiger partial charge < -0.3 is 19.7 Å². The molecule has 1 N–H and O–H groups in total. The third-order valence-electron chi connectivity index (χ3n) is 5.06. The van der Waals surface area contributed by atoms with Gasteiger partial charge in [-0.2, -0.15) is 0 Å². The van der Waals surface area contributed by atoms with Crippen molar-refractivity contribution in [3.8, 4) is 11.5 Å². The lowest BCUT2D eigenvalue weighted by atomic mass is 10.0. The Labute approximate surface area is 171 Å². The van der Waals surface area contributed by atoms with Crippen molar-refractivity contribution in [1.82, 2.24) is 0 Å². The fourth-order valence-electron chi connectivity index (χ4n) is 3.36. The largest absolute Gasteiger partial charge is 0.494 e. The second kappa shape index (κ2) is 9.96. The number of para-hydroxylation sites is 1. The summed E-state index contributed by atoms with van der Waals surface area (Å²) >= 11 is 0. The number of fused-ring (bicyclic) bond motifs is 1. The maximum atomic E-state index is 12.3. The Hall–Kier alpha value is -3.02. The van der Waals surface area contributed by atoms with Crippen LogP contribution in [0.2, 0.25) is 0 Å². The van der Waals surface area contributed by atoms with E-state index >= 15 is 0 Å². The highest BCUT2D eigenvalue weighted by Crippen LogP contribution is 2.34. The zero-order chi connectivity index (χ0) is 20.6. The molecule has 0 radical (unpaired) electrons. The topological polar surface area (TPSA) is 67.9 Å². The predicted octanol–water partition coefficient (Wildman–Crippen LogP) is 4.26. The predicted molar refractivity (Wildman–Crippen MR) is 114 cm³/mol. The summed E-state index contributed by atoms with van der Waals surface area (Å²) in [5.41, 5.74) is 1.41. The van der Waals surface area contributed by atoms with E-state index in [-0.39, 0.29) is 24.3 Å². The highest BCUT2D eigenvalue weighted by molar-refractivity contribution is 5.99. The first-order valence-corrected chi connectivity index (χ1v) is 10.2. The van der Waals surface area contributed by atoms with Crippen molar-refractivity contribution in [2.24, 2.45) is 5.92 Å². The van der Waals surface area contributed by atoms with Gasteiger partial charge in [-0.1, -0.05) is 32.0 Å². The minimum Gasteiger partial charge on any atom is -0.494 e. The molecule has 2 aromatic rings. The van der Waals surface area contributed by atoms with E-state index in [1.807, 2.05) is 56.3 Å². The molecule has 0 atom stereocenters. The van der Waals surface area contributed by atoms with Gasteiger partial charge in [-0.3, -0.25) is 9.59 Å². The minimum atomic E-state index is -0.0778. The van der Waals surface area contributed by atoms with Gasteiger partial charge in [-0.05, 0) is 43.5 Å². The lowest BCUT2D eigenvalue weighted by molar-refractivity contribution is -0.121. The van der Waals surface area contributed by atoms with Crippen LogP contribution in [0.3, 0.4) is 0 Å². The molecule has 0 saturated heterocycles. The molecule has 0 fully saturated rings. The normalized spacial score (nSPS) is 13.1. The molecule has 0 aromatic heterocycles. The molecule has 1 aliphatic heterocycles. The molecule has 1 heterocycles. The van der Waals surface area contributed by atoms with E-state index in [9.17, 15) is 9.59 Å². The lowest BCUT2D eigenvalue weighted by Gasteiger charge is -2.29. The van der Waals surface area contributed by atoms with Crippen LogP contribution in [0.15, 0.2) is 48.5 Å². The number of carbonyl (C=O) groups excluding carboxylic acids is 2. The average Bonchev–Trinajstić information content (AvgIpc) is 2.74. The van der Waals surface area contributed by atoms with Crippen molar-refractivity contribution in [1.29, 1.82) is 0 Å². The van der Waals surface area contributed by atoms with Crippen LogP contribution in [0.4, 0.5) is 11.4 Å². The molecule has 0 saturated carbocycles. The van der Waals surface area contributed by atoms with Crippen molar-refractivity contribution >= 4 is 23.2 Å². The van der Waals surface area contributed by atoms with Crippen LogP contribution in [0, 0.1) is 5.92 Å². The first-order chi connectivity index (χ1) is 14.1. The highest BCUT2D eigenvalue weighted by atomic mass is 16.5. The van der Waals surface area contributed by atoms with E-state index in [4.69, 9.17) is 9.47 Å². The number of nitrogens with zero attached hydrogens (tertiary/aromatic N) is 1. The number of benzene rings is 2. The SMILES string of the molecule is CCC(CC)C(=O)Nc1ccc2c(c1)OCC(=O)N2CCCOc1ccccc1. The van der Waals surface area contributed by atoms with Crippen LogP contribution in [-0.4, -0.2) is 31.6 Å². The second-order valence-electron chi connectivity index (χ2n) is 7.03. The summed E-state index contributed by atoms with van der Waals surface area (Å²) in [7, 11) is 0. The average molecular weight is 396 g/mol. The zero-order valence-electron chi connectivity index (χ0n) is 17.0. The van der Waals surface area contributed by atoms with Crippen molar-refractivity contribution in [3.05, 3.63) is 48.5 Å². The Morgan fingerprint density at radius 3 is 2.66 bits per heavy atom. The van der Waals surface area contributed by atoms with Crippen LogP contribution in [0.5, 0.6) is 11.5 Å². The summed E-state index contributed by atoms with van der Waals surface area (Å²) in [5, 5.41) is 2.95. The number of anilines is 2. The number of ether oxygens (including phenoxy) is 2. The van der Waals surface area contributed by atoms with Gasteiger partial charge in [0.1, 0.15) is 11.5 Å². The van der Waals surface area contributed by atoms with Crippen molar-refractivity contribution in [2.45, 2.75) is 33.1 Å². The van der Waals surface area contributed by atoms with Crippen LogP contribution in [0.1, 0.15) is 33.1 Å². The molecule has 2 amide bonds. The number of amides is 2. The highest BCUT2D eigenvalue weighted by Gasteiger charge is 2.26. The molecular weight excluding hydrogens is 368 g/mol. The van der Waals surface area contributed by atoms with E-state index in [0.717, 1.165) is 24.3 Å². The van der Waals surface area contributed by atoms with E-state index in [1.165, 1.54) is 0 Å². The molecule has 2 aromatic carbocycles. The van der Waals surface area contributed by atoms with Crippen molar-refractivity contribution in [3.63, 3.8) is 0 Å². The van der Waals surface area contributed by atoms with E-state index < -0.39 is 0 Å². The molecule has 0 unspecified atom stereocenters. The maximum absolute atomic E-state index is 12.3. The van der Waals surface area contributed by atoms with Gasteiger partial charge in [-0.25, -0.2) is 0 Å². The van der Waals surface area contributed by atoms with Crippen LogP contribution in [-0.2, 0) is 9.59 Å². The Morgan fingerprint density at radius 2 is 1.93 bits per heavy atom. The van der Waals surface area contributed by atoms with E-state index in [0.29, 0.717) is 31.0 Å². The summed E-state index contributed by atoms with van der Waals surface area (Å²) < 4.78 is 11.3. The van der Waals surface area contributed by atoms with Gasteiger partial charge in [0.25, 0.3) is 5.91 Å². The van der Waals surface area contributed by atoms with Crippen molar-refractivity contribution < 1.29 is 19.1 Å². The molecule has 154 valence electrons. The smallest absolute Gasteiger partial charge is 0.265 e. The van der Waals surface area contributed by atoms with Gasteiger partial charge >= 0.3 is 0 Å². The summed E-state index contributed by atoms with van der Waals surface area (Å²) in [5.74, 6) is 1.35. The Bertz CT molecular complexity index is 834. The molecule has 6 heteroatoms. The molecule has 3 rings (SSSR count). The lowest BCUT2D eigenvalue weighted by Crippen LogP contribution is -2.39. The molecular formula is C23H28N2O4. The zero-order valence-corrected chi connectivity index (χ0v) is 17.0. The van der Waals surface area contributed by atoms with Gasteiger partial charge in [-0.15, -0.1) is 0 Å². The second-order valence-corrected chi connectivity index (χ2v) is 7.03. The van der Waals surface area contributed by atoms with Gasteiger partial charge in [0.05, 0.1) is 12.3 Å². The molecule has 1 aliphatic rings. The summed E-state index contributed by atoms with van der Waals surface area (Å²) in [6, 6.07) is 15.0. The third kappa shape index (κ3) is 5.28. The number of nitrogens with one attached hydrogen (secondary N) is 1. The summed E-state index contributed by atoms with van der Waals surface area (Å²) in [6.07, 6.45) is 2.31. The first-order valence-electron chi connectivity index (χ1n) is 10.2. The number of hydrogen-bond donors (Lipinski definition) is 1. The van der Waals surface area contributed by atoms with Crippen molar-refractivity contribution in [2.75, 3.05) is 30.0 Å². The van der Waals surface area contributed by atoms with Crippen LogP contribution in [0.25, 0.3) is 0 Å². The molecule has 0 bridgehead atoms. The summed E-state index contributed by atoms with van der Waals surface area (Å²) in [4.78, 5) is 26.4. The van der Waals surface area contributed by atoms with Gasteiger partial charge in [0, 0.05) is 24.2 Å². The van der Waals surface area contributed by atoms with E-state index in [2.05, 4.69) is 5.32 Å². The van der Waals surface area contributed by atoms with Gasteiger partial charge in [0.2, 0.25) is 5.91 Å². The first kappa shape index (κ1) is 20.7. The van der Waals surface area contributed by atoms with E-state index in [1.54, 1.807) is 11.0 Å². The molecule has 0 spiro atoms.